The SMILES string of the molecule is O=C(O)N1CCCN(c2cncc(Br)c2)CC1. The summed E-state index contributed by atoms with van der Waals surface area (Å²) in [6, 6.07) is 2.00. The Morgan fingerprint density at radius 1 is 1.29 bits per heavy atom. The summed E-state index contributed by atoms with van der Waals surface area (Å²) in [6.45, 7) is 2.72. The molecule has 1 saturated heterocycles. The molecule has 1 N–H and O–H groups in total. The lowest BCUT2D eigenvalue weighted by molar-refractivity contribution is 0.148. The monoisotopic (exact) mass is 299 g/mol. The fraction of sp³-hybridized carbons (Fsp3) is 0.455. The molecule has 0 radical (unpaired) electrons. The molecule has 0 spiro atoms. The lowest BCUT2D eigenvalue weighted by Gasteiger charge is -2.22. The van der Waals surface area contributed by atoms with Crippen LogP contribution in [0.2, 0.25) is 0 Å². The van der Waals surface area contributed by atoms with Gasteiger partial charge in [0.25, 0.3) is 0 Å². The van der Waals surface area contributed by atoms with Crippen LogP contribution in [-0.4, -0.2) is 47.3 Å². The average Bonchev–Trinajstić information content (AvgIpc) is 2.54. The molecule has 1 aromatic rings. The van der Waals surface area contributed by atoms with Gasteiger partial charge < -0.3 is 14.9 Å². The predicted octanol–water partition coefficient (Wildman–Crippen LogP) is 2.03. The highest BCUT2D eigenvalue weighted by atomic mass is 79.9. The molecule has 0 aromatic carbocycles. The Kier molecular flexibility index (Phi) is 3.83. The van der Waals surface area contributed by atoms with Crippen molar-refractivity contribution in [2.75, 3.05) is 31.1 Å². The van der Waals surface area contributed by atoms with E-state index < -0.39 is 6.09 Å². The number of hydrogen-bond acceptors (Lipinski definition) is 3. The van der Waals surface area contributed by atoms with Crippen LogP contribution in [-0.2, 0) is 0 Å². The van der Waals surface area contributed by atoms with Crippen LogP contribution in [0.25, 0.3) is 0 Å². The van der Waals surface area contributed by atoms with E-state index in [0.717, 1.165) is 23.1 Å². The second-order valence-corrected chi connectivity index (χ2v) is 4.89. The van der Waals surface area contributed by atoms with Crippen LogP contribution in [0.4, 0.5) is 10.5 Å². The van der Waals surface area contributed by atoms with Crippen molar-refractivity contribution in [1.29, 1.82) is 0 Å². The third-order valence-electron chi connectivity index (χ3n) is 2.82. The number of carboxylic acid groups (broad SMARTS) is 1. The normalized spacial score (nSPS) is 16.8. The number of rotatable bonds is 1. The fourth-order valence-corrected chi connectivity index (χ4v) is 2.29. The first-order chi connectivity index (χ1) is 8.16. The van der Waals surface area contributed by atoms with Crippen molar-refractivity contribution < 1.29 is 9.90 Å². The van der Waals surface area contributed by atoms with E-state index in [1.165, 1.54) is 4.90 Å². The van der Waals surface area contributed by atoms with Crippen molar-refractivity contribution in [3.8, 4) is 0 Å². The lowest BCUT2D eigenvalue weighted by Crippen LogP contribution is -2.34. The Hall–Kier alpha value is -1.30. The second kappa shape index (κ2) is 5.35. The molecule has 1 aromatic heterocycles. The van der Waals surface area contributed by atoms with E-state index in [2.05, 4.69) is 25.8 Å². The Balaban J connectivity index is 2.06. The minimum Gasteiger partial charge on any atom is -0.465 e. The van der Waals surface area contributed by atoms with Gasteiger partial charge in [0.05, 0.1) is 11.9 Å². The van der Waals surface area contributed by atoms with Crippen LogP contribution in [0.3, 0.4) is 0 Å². The highest BCUT2D eigenvalue weighted by molar-refractivity contribution is 9.10. The Labute approximate surface area is 108 Å². The quantitative estimate of drug-likeness (QED) is 0.862. The second-order valence-electron chi connectivity index (χ2n) is 3.97. The standard InChI is InChI=1S/C11H14BrN3O2/c12-9-6-10(8-13-7-9)14-2-1-3-15(5-4-14)11(16)17/h6-8H,1-5H2,(H,16,17). The highest BCUT2D eigenvalue weighted by Crippen LogP contribution is 2.19. The molecular weight excluding hydrogens is 286 g/mol. The van der Waals surface area contributed by atoms with E-state index >= 15 is 0 Å². The van der Waals surface area contributed by atoms with E-state index in [9.17, 15) is 4.79 Å². The lowest BCUT2D eigenvalue weighted by atomic mass is 10.3. The summed E-state index contributed by atoms with van der Waals surface area (Å²) in [5.41, 5.74) is 1.03. The number of hydrogen-bond donors (Lipinski definition) is 1. The van der Waals surface area contributed by atoms with Crippen LogP contribution in [0.15, 0.2) is 22.9 Å². The van der Waals surface area contributed by atoms with E-state index in [-0.39, 0.29) is 0 Å². The number of anilines is 1. The molecule has 5 nitrogen and oxygen atoms in total. The van der Waals surface area contributed by atoms with Gasteiger partial charge in [0.1, 0.15) is 0 Å². The molecule has 6 heteroatoms. The zero-order chi connectivity index (χ0) is 12.3. The van der Waals surface area contributed by atoms with Gasteiger partial charge in [-0.3, -0.25) is 4.98 Å². The molecule has 0 saturated carbocycles. The van der Waals surface area contributed by atoms with Crippen molar-refractivity contribution in [3.05, 3.63) is 22.9 Å². The van der Waals surface area contributed by atoms with Gasteiger partial charge >= 0.3 is 6.09 Å². The number of aromatic nitrogens is 1. The summed E-state index contributed by atoms with van der Waals surface area (Å²) in [7, 11) is 0. The Bertz CT molecular complexity index is 413. The van der Waals surface area contributed by atoms with E-state index in [0.29, 0.717) is 19.6 Å². The van der Waals surface area contributed by atoms with Gasteiger partial charge in [-0.15, -0.1) is 0 Å². The van der Waals surface area contributed by atoms with E-state index in [1.807, 2.05) is 6.07 Å². The van der Waals surface area contributed by atoms with Crippen molar-refractivity contribution in [2.45, 2.75) is 6.42 Å². The summed E-state index contributed by atoms with van der Waals surface area (Å²) in [5, 5.41) is 8.95. The topological polar surface area (TPSA) is 56.7 Å². The first kappa shape index (κ1) is 12.2. The van der Waals surface area contributed by atoms with Gasteiger partial charge in [0, 0.05) is 36.8 Å². The third-order valence-corrected chi connectivity index (χ3v) is 3.26. The van der Waals surface area contributed by atoms with Gasteiger partial charge in [-0.05, 0) is 28.4 Å². The van der Waals surface area contributed by atoms with Crippen LogP contribution < -0.4 is 4.90 Å². The Morgan fingerprint density at radius 2 is 2.12 bits per heavy atom. The maximum atomic E-state index is 10.9. The molecule has 0 aliphatic carbocycles. The first-order valence-electron chi connectivity index (χ1n) is 5.50. The summed E-state index contributed by atoms with van der Waals surface area (Å²) in [4.78, 5) is 18.6. The highest BCUT2D eigenvalue weighted by Gasteiger charge is 2.18. The summed E-state index contributed by atoms with van der Waals surface area (Å²) in [6.07, 6.45) is 3.56. The van der Waals surface area contributed by atoms with Crippen LogP contribution in [0, 0.1) is 0 Å². The van der Waals surface area contributed by atoms with Crippen molar-refractivity contribution in [1.82, 2.24) is 9.88 Å². The zero-order valence-corrected chi connectivity index (χ0v) is 10.9. The van der Waals surface area contributed by atoms with E-state index in [1.54, 1.807) is 12.4 Å². The van der Waals surface area contributed by atoms with Crippen LogP contribution in [0.5, 0.6) is 0 Å². The Morgan fingerprint density at radius 3 is 2.82 bits per heavy atom. The fourth-order valence-electron chi connectivity index (χ4n) is 1.94. The molecule has 1 fully saturated rings. The smallest absolute Gasteiger partial charge is 0.407 e. The summed E-state index contributed by atoms with van der Waals surface area (Å²) < 4.78 is 0.939. The third kappa shape index (κ3) is 3.09. The summed E-state index contributed by atoms with van der Waals surface area (Å²) in [5.74, 6) is 0. The molecule has 0 bridgehead atoms. The molecule has 1 aliphatic rings. The minimum atomic E-state index is -0.834. The molecule has 1 aliphatic heterocycles. The zero-order valence-electron chi connectivity index (χ0n) is 9.34. The molecule has 2 heterocycles. The number of pyridine rings is 1. The molecule has 0 unspecified atom stereocenters. The maximum Gasteiger partial charge on any atom is 0.407 e. The number of nitrogens with zero attached hydrogens (tertiary/aromatic N) is 3. The molecule has 0 atom stereocenters. The van der Waals surface area contributed by atoms with Crippen molar-refractivity contribution in [3.63, 3.8) is 0 Å². The van der Waals surface area contributed by atoms with E-state index in [4.69, 9.17) is 5.11 Å². The maximum absolute atomic E-state index is 10.9. The van der Waals surface area contributed by atoms with Gasteiger partial charge in [-0.1, -0.05) is 0 Å². The molecule has 2 rings (SSSR count). The average molecular weight is 300 g/mol. The number of amides is 1. The van der Waals surface area contributed by atoms with Crippen LogP contribution in [0.1, 0.15) is 6.42 Å². The first-order valence-corrected chi connectivity index (χ1v) is 6.29. The predicted molar refractivity (Wildman–Crippen MR) is 68.4 cm³/mol. The molecular formula is C11H14BrN3O2. The van der Waals surface area contributed by atoms with Crippen molar-refractivity contribution in [2.24, 2.45) is 0 Å². The largest absolute Gasteiger partial charge is 0.465 e. The molecule has 1 amide bonds. The minimum absolute atomic E-state index is 0.543. The number of halogens is 1. The van der Waals surface area contributed by atoms with Gasteiger partial charge in [0.15, 0.2) is 0 Å². The number of carbonyl (C=O) groups is 1. The van der Waals surface area contributed by atoms with Gasteiger partial charge in [-0.25, -0.2) is 4.79 Å². The van der Waals surface area contributed by atoms with Gasteiger partial charge in [-0.2, -0.15) is 0 Å². The van der Waals surface area contributed by atoms with Gasteiger partial charge in [0.2, 0.25) is 0 Å². The molecule has 92 valence electrons. The molecule has 17 heavy (non-hydrogen) atoms. The van der Waals surface area contributed by atoms with Crippen LogP contribution >= 0.6 is 15.9 Å². The van der Waals surface area contributed by atoms with Crippen molar-refractivity contribution >= 4 is 27.7 Å². The summed E-state index contributed by atoms with van der Waals surface area (Å²) >= 11 is 3.39.